The van der Waals surface area contributed by atoms with Gasteiger partial charge in [0.1, 0.15) is 11.8 Å². The highest BCUT2D eigenvalue weighted by molar-refractivity contribution is 9.10. The molecule has 29 heavy (non-hydrogen) atoms. The number of carbonyl (C=O) groups is 2. The molecule has 1 atom stereocenters. The van der Waals surface area contributed by atoms with Crippen molar-refractivity contribution in [2.75, 3.05) is 0 Å². The zero-order chi connectivity index (χ0) is 21.6. The van der Waals surface area contributed by atoms with Crippen molar-refractivity contribution in [1.82, 2.24) is 10.7 Å². The molecule has 0 fully saturated rings. The van der Waals surface area contributed by atoms with E-state index in [-0.39, 0.29) is 22.9 Å². The van der Waals surface area contributed by atoms with Crippen LogP contribution in [0, 0.1) is 16.0 Å². The molecule has 0 saturated carbocycles. The Hall–Kier alpha value is -3.27. The summed E-state index contributed by atoms with van der Waals surface area (Å²) < 4.78 is 0.825. The number of hydrogen-bond donors (Lipinski definition) is 3. The number of benzene rings is 2. The lowest BCUT2D eigenvalue weighted by Gasteiger charge is -2.20. The van der Waals surface area contributed by atoms with E-state index in [2.05, 4.69) is 31.8 Å². The fourth-order valence-corrected chi connectivity index (χ4v) is 2.62. The van der Waals surface area contributed by atoms with Crippen molar-refractivity contribution < 1.29 is 19.6 Å². The molecule has 0 aromatic heterocycles. The molecule has 0 aliphatic heterocycles. The number of nitro groups is 1. The molecule has 0 aliphatic rings. The molecule has 10 heteroatoms. The summed E-state index contributed by atoms with van der Waals surface area (Å²) >= 11 is 3.29. The number of carbonyl (C=O) groups excluding carboxylic acids is 2. The molecule has 0 bridgehead atoms. The van der Waals surface area contributed by atoms with Gasteiger partial charge in [-0.15, -0.1) is 0 Å². The van der Waals surface area contributed by atoms with E-state index in [4.69, 9.17) is 0 Å². The third kappa shape index (κ3) is 6.11. The van der Waals surface area contributed by atoms with E-state index >= 15 is 0 Å². The molecular formula is C19H19BrN4O5. The van der Waals surface area contributed by atoms with Gasteiger partial charge in [0.25, 0.3) is 17.5 Å². The van der Waals surface area contributed by atoms with Gasteiger partial charge in [0.05, 0.1) is 11.1 Å². The molecule has 3 N–H and O–H groups in total. The van der Waals surface area contributed by atoms with Crippen LogP contribution in [0.1, 0.15) is 29.8 Å². The van der Waals surface area contributed by atoms with Gasteiger partial charge < -0.3 is 10.4 Å². The number of amides is 2. The molecule has 9 nitrogen and oxygen atoms in total. The lowest BCUT2D eigenvalue weighted by Crippen LogP contribution is -2.48. The van der Waals surface area contributed by atoms with E-state index in [0.717, 1.165) is 28.9 Å². The summed E-state index contributed by atoms with van der Waals surface area (Å²) in [6.45, 7) is 3.53. The van der Waals surface area contributed by atoms with Crippen LogP contribution < -0.4 is 10.7 Å². The normalized spacial score (nSPS) is 12.0. The van der Waals surface area contributed by atoms with Gasteiger partial charge in [-0.25, -0.2) is 5.43 Å². The van der Waals surface area contributed by atoms with Gasteiger partial charge in [-0.3, -0.25) is 19.7 Å². The fourth-order valence-electron chi connectivity index (χ4n) is 2.35. The highest BCUT2D eigenvalue weighted by atomic mass is 79.9. The van der Waals surface area contributed by atoms with Crippen LogP contribution in [0.5, 0.6) is 5.75 Å². The van der Waals surface area contributed by atoms with Crippen LogP contribution >= 0.6 is 15.9 Å². The Morgan fingerprint density at radius 1 is 1.21 bits per heavy atom. The summed E-state index contributed by atoms with van der Waals surface area (Å²) in [7, 11) is 0. The van der Waals surface area contributed by atoms with Crippen LogP contribution in [-0.4, -0.2) is 34.1 Å². The van der Waals surface area contributed by atoms with Crippen LogP contribution in [0.25, 0.3) is 0 Å². The van der Waals surface area contributed by atoms with Crippen LogP contribution in [0.3, 0.4) is 0 Å². The van der Waals surface area contributed by atoms with Crippen molar-refractivity contribution in [1.29, 1.82) is 0 Å². The van der Waals surface area contributed by atoms with Gasteiger partial charge >= 0.3 is 0 Å². The maximum atomic E-state index is 12.4. The third-order valence-electron chi connectivity index (χ3n) is 3.94. The summed E-state index contributed by atoms with van der Waals surface area (Å²) in [5.41, 5.74) is 2.53. The number of nitrogens with one attached hydrogen (secondary N) is 2. The summed E-state index contributed by atoms with van der Waals surface area (Å²) in [6, 6.07) is 9.26. The van der Waals surface area contributed by atoms with E-state index in [1.807, 2.05) is 0 Å². The van der Waals surface area contributed by atoms with Gasteiger partial charge in [-0.2, -0.15) is 5.10 Å². The van der Waals surface area contributed by atoms with Gasteiger partial charge in [-0.05, 0) is 36.2 Å². The number of hydrazone groups is 1. The minimum Gasteiger partial charge on any atom is -0.507 e. The Balaban J connectivity index is 2.07. The lowest BCUT2D eigenvalue weighted by atomic mass is 10.0. The van der Waals surface area contributed by atoms with Gasteiger partial charge in [0, 0.05) is 27.7 Å². The summed E-state index contributed by atoms with van der Waals surface area (Å²) in [5.74, 6) is -1.42. The number of nitro benzene ring substituents is 1. The van der Waals surface area contributed by atoms with E-state index in [0.29, 0.717) is 5.56 Å². The van der Waals surface area contributed by atoms with E-state index in [1.54, 1.807) is 38.1 Å². The van der Waals surface area contributed by atoms with Crippen molar-refractivity contribution in [2.45, 2.75) is 19.9 Å². The summed E-state index contributed by atoms with van der Waals surface area (Å²) in [4.78, 5) is 35.0. The van der Waals surface area contributed by atoms with Crippen LogP contribution in [-0.2, 0) is 4.79 Å². The molecule has 0 heterocycles. The Morgan fingerprint density at radius 2 is 1.86 bits per heavy atom. The average Bonchev–Trinajstić information content (AvgIpc) is 2.67. The van der Waals surface area contributed by atoms with Crippen molar-refractivity contribution >= 4 is 39.6 Å². The molecule has 152 valence electrons. The van der Waals surface area contributed by atoms with Crippen LogP contribution in [0.2, 0.25) is 0 Å². The number of nitrogens with zero attached hydrogens (tertiary/aromatic N) is 2. The number of non-ortho nitro benzene ring substituents is 1. The third-order valence-corrected chi connectivity index (χ3v) is 4.47. The molecule has 0 spiro atoms. The minimum absolute atomic E-state index is 0.0690. The number of phenolic OH excluding ortho intramolecular Hbond substituents is 1. The second-order valence-electron chi connectivity index (χ2n) is 6.44. The van der Waals surface area contributed by atoms with Crippen LogP contribution in [0.4, 0.5) is 5.69 Å². The molecule has 2 rings (SSSR count). The van der Waals surface area contributed by atoms with Crippen molar-refractivity contribution in [2.24, 2.45) is 11.0 Å². The first kappa shape index (κ1) is 22.0. The summed E-state index contributed by atoms with van der Waals surface area (Å²) in [5, 5.41) is 27.0. The van der Waals surface area contributed by atoms with Gasteiger partial charge in [-0.1, -0.05) is 29.8 Å². The molecule has 2 aromatic rings. The lowest BCUT2D eigenvalue weighted by molar-refractivity contribution is -0.384. The molecule has 2 aromatic carbocycles. The molecule has 2 amide bonds. The van der Waals surface area contributed by atoms with Crippen LogP contribution in [0.15, 0.2) is 52.0 Å². The fraction of sp³-hybridized carbons (Fsp3) is 0.211. The number of hydrogen-bond acceptors (Lipinski definition) is 6. The van der Waals surface area contributed by atoms with Crippen molar-refractivity contribution in [3.05, 3.63) is 68.2 Å². The number of halogens is 1. The zero-order valence-electron chi connectivity index (χ0n) is 15.6. The van der Waals surface area contributed by atoms with Gasteiger partial charge in [0.2, 0.25) is 0 Å². The minimum atomic E-state index is -0.859. The maximum absolute atomic E-state index is 12.4. The first-order valence-electron chi connectivity index (χ1n) is 8.55. The number of aromatic hydroxyl groups is 1. The van der Waals surface area contributed by atoms with Crippen molar-refractivity contribution in [3.63, 3.8) is 0 Å². The monoisotopic (exact) mass is 462 g/mol. The molecular weight excluding hydrogens is 444 g/mol. The SMILES string of the molecule is CC(C)[C@H](NC(=O)c1ccc(Br)cc1)C(=O)N/N=C\c1cc([N+](=O)[O-])ccc1O. The first-order chi connectivity index (χ1) is 13.7. The maximum Gasteiger partial charge on any atom is 0.270 e. The number of rotatable bonds is 7. The Bertz CT molecular complexity index is 944. The van der Waals surface area contributed by atoms with E-state index < -0.39 is 22.8 Å². The smallest absolute Gasteiger partial charge is 0.270 e. The molecule has 0 aliphatic carbocycles. The second-order valence-corrected chi connectivity index (χ2v) is 7.35. The average molecular weight is 463 g/mol. The van der Waals surface area contributed by atoms with E-state index in [9.17, 15) is 24.8 Å². The summed E-state index contributed by atoms with van der Waals surface area (Å²) in [6.07, 6.45) is 1.09. The Labute approximate surface area is 175 Å². The topological polar surface area (TPSA) is 134 Å². The first-order valence-corrected chi connectivity index (χ1v) is 9.35. The second kappa shape index (κ2) is 9.78. The molecule has 0 unspecified atom stereocenters. The van der Waals surface area contributed by atoms with Gasteiger partial charge in [0.15, 0.2) is 0 Å². The zero-order valence-corrected chi connectivity index (χ0v) is 17.2. The molecule has 0 saturated heterocycles. The predicted molar refractivity (Wildman–Crippen MR) is 111 cm³/mol. The number of phenols is 1. The largest absolute Gasteiger partial charge is 0.507 e. The Morgan fingerprint density at radius 3 is 2.45 bits per heavy atom. The quantitative estimate of drug-likeness (QED) is 0.330. The predicted octanol–water partition coefficient (Wildman–Crippen LogP) is 2.97. The standard InChI is InChI=1S/C19H19BrN4O5/c1-11(2)17(22-18(26)12-3-5-14(20)6-4-12)19(27)23-21-10-13-9-15(24(28)29)7-8-16(13)25/h3-11,17,25H,1-2H3,(H,22,26)(H,23,27)/b21-10-/t17-/m0/s1. The van der Waals surface area contributed by atoms with E-state index in [1.165, 1.54) is 0 Å². The highest BCUT2D eigenvalue weighted by Crippen LogP contribution is 2.21. The van der Waals surface area contributed by atoms with Crippen molar-refractivity contribution in [3.8, 4) is 5.75 Å². The molecule has 0 radical (unpaired) electrons. The Kier molecular flexibility index (Phi) is 7.43. The highest BCUT2D eigenvalue weighted by Gasteiger charge is 2.24.